The van der Waals surface area contributed by atoms with E-state index < -0.39 is 11.2 Å². The second-order valence-corrected chi connectivity index (χ2v) is 6.21. The van der Waals surface area contributed by atoms with E-state index >= 15 is 0 Å². The lowest BCUT2D eigenvalue weighted by molar-refractivity contribution is -0.137. The molecular formula is C18H18N2O4S. The van der Waals surface area contributed by atoms with Crippen LogP contribution >= 0.6 is 11.8 Å². The Hall–Kier alpha value is -2.72. The monoisotopic (exact) mass is 358 g/mol. The molecule has 1 fully saturated rings. The number of amides is 1. The van der Waals surface area contributed by atoms with Gasteiger partial charge in [-0.05, 0) is 31.6 Å². The van der Waals surface area contributed by atoms with E-state index in [0.29, 0.717) is 23.8 Å². The van der Waals surface area contributed by atoms with E-state index in [9.17, 15) is 14.9 Å². The van der Waals surface area contributed by atoms with Crippen molar-refractivity contribution in [2.45, 2.75) is 18.6 Å². The molecule has 7 heteroatoms. The second-order valence-electron chi connectivity index (χ2n) is 5.02. The van der Waals surface area contributed by atoms with Gasteiger partial charge in [0.25, 0.3) is 0 Å². The smallest absolute Gasteiger partial charge is 0.351 e. The Morgan fingerprint density at radius 2 is 2.40 bits per heavy atom. The summed E-state index contributed by atoms with van der Waals surface area (Å²) < 4.78 is 10.1. The molecule has 1 aliphatic rings. The summed E-state index contributed by atoms with van der Waals surface area (Å²) >= 11 is 1.21. The van der Waals surface area contributed by atoms with Crippen molar-refractivity contribution in [1.29, 1.82) is 5.26 Å². The fourth-order valence-electron chi connectivity index (χ4n) is 2.25. The van der Waals surface area contributed by atoms with Crippen molar-refractivity contribution in [2.75, 3.05) is 13.2 Å². The summed E-state index contributed by atoms with van der Waals surface area (Å²) in [5.74, 6) is -0.178. The molecular weight excluding hydrogens is 340 g/mol. The fourth-order valence-corrected chi connectivity index (χ4v) is 3.54. The van der Waals surface area contributed by atoms with E-state index in [1.54, 1.807) is 25.3 Å². The van der Waals surface area contributed by atoms with Gasteiger partial charge in [0.2, 0.25) is 5.91 Å². The van der Waals surface area contributed by atoms with Crippen LogP contribution in [0.1, 0.15) is 19.1 Å². The van der Waals surface area contributed by atoms with E-state index in [0.717, 1.165) is 0 Å². The van der Waals surface area contributed by atoms with E-state index in [-0.39, 0.29) is 18.1 Å². The van der Waals surface area contributed by atoms with Gasteiger partial charge in [-0.2, -0.15) is 5.26 Å². The second kappa shape index (κ2) is 8.94. The van der Waals surface area contributed by atoms with Gasteiger partial charge in [-0.15, -0.1) is 0 Å². The number of furan rings is 1. The van der Waals surface area contributed by atoms with Gasteiger partial charge in [0.15, 0.2) is 5.57 Å². The number of hydrogen-bond donors (Lipinski definition) is 0. The lowest BCUT2D eigenvalue weighted by Crippen LogP contribution is -2.29. The molecule has 25 heavy (non-hydrogen) atoms. The molecule has 0 bridgehead atoms. The van der Waals surface area contributed by atoms with Crippen LogP contribution in [-0.4, -0.2) is 35.2 Å². The van der Waals surface area contributed by atoms with Crippen LogP contribution in [0.5, 0.6) is 0 Å². The predicted molar refractivity (Wildman–Crippen MR) is 94.9 cm³/mol. The number of esters is 1. The van der Waals surface area contributed by atoms with Gasteiger partial charge in [0, 0.05) is 6.54 Å². The molecule has 0 saturated carbocycles. The average Bonchev–Trinajstić information content (AvgIpc) is 3.22. The van der Waals surface area contributed by atoms with Crippen molar-refractivity contribution in [1.82, 2.24) is 4.90 Å². The maximum absolute atomic E-state index is 12.5. The first-order valence-corrected chi connectivity index (χ1v) is 8.60. The van der Waals surface area contributed by atoms with Crippen molar-refractivity contribution in [3.8, 4) is 6.07 Å². The third-order valence-electron chi connectivity index (χ3n) is 3.39. The first kappa shape index (κ1) is 18.6. The third-order valence-corrected chi connectivity index (χ3v) is 4.72. The predicted octanol–water partition coefficient (Wildman–Crippen LogP) is 3.11. The molecule has 1 atom stereocenters. The molecule has 2 heterocycles. The van der Waals surface area contributed by atoms with Crippen molar-refractivity contribution < 1.29 is 18.7 Å². The molecule has 130 valence electrons. The standard InChI is InChI=1S/C18H18N2O4S/c1-3-10-24-18(22)14(12-19)17-20(4-2)16(21)15(25-17)9-5-7-13-8-6-11-23-13/h3,5-8,11,15H,1,4,9-10H2,2H3/b7-5?,17-14-. The number of ether oxygens (including phenoxy) is 1. The zero-order valence-electron chi connectivity index (χ0n) is 13.8. The zero-order valence-corrected chi connectivity index (χ0v) is 14.6. The summed E-state index contributed by atoms with van der Waals surface area (Å²) in [5.41, 5.74) is -0.153. The van der Waals surface area contributed by atoms with Gasteiger partial charge in [-0.1, -0.05) is 30.5 Å². The minimum absolute atomic E-state index is 0.0113. The van der Waals surface area contributed by atoms with Gasteiger partial charge >= 0.3 is 5.97 Å². The zero-order chi connectivity index (χ0) is 18.2. The van der Waals surface area contributed by atoms with Crippen molar-refractivity contribution >= 4 is 29.7 Å². The average molecular weight is 358 g/mol. The van der Waals surface area contributed by atoms with Crippen LogP contribution in [0.2, 0.25) is 0 Å². The number of allylic oxidation sites excluding steroid dienone is 1. The summed E-state index contributed by atoms with van der Waals surface area (Å²) in [6.07, 6.45) is 7.08. The number of rotatable bonds is 7. The van der Waals surface area contributed by atoms with Crippen LogP contribution < -0.4 is 0 Å². The molecule has 6 nitrogen and oxygen atoms in total. The highest BCUT2D eigenvalue weighted by Crippen LogP contribution is 2.39. The number of thioether (sulfide) groups is 1. The summed E-state index contributed by atoms with van der Waals surface area (Å²) in [7, 11) is 0. The number of nitriles is 1. The highest BCUT2D eigenvalue weighted by molar-refractivity contribution is 8.04. The van der Waals surface area contributed by atoms with Gasteiger partial charge < -0.3 is 14.1 Å². The summed E-state index contributed by atoms with van der Waals surface area (Å²) in [5, 5.41) is 9.29. The van der Waals surface area contributed by atoms with Crippen LogP contribution in [0.25, 0.3) is 6.08 Å². The normalized spacial score (nSPS) is 19.1. The van der Waals surface area contributed by atoms with Crippen LogP contribution in [0.4, 0.5) is 0 Å². The van der Waals surface area contributed by atoms with E-state index in [4.69, 9.17) is 9.15 Å². The van der Waals surface area contributed by atoms with Gasteiger partial charge in [-0.3, -0.25) is 4.79 Å². The van der Waals surface area contributed by atoms with E-state index in [1.807, 2.05) is 18.2 Å². The molecule has 0 aliphatic carbocycles. The fraction of sp³-hybridized carbons (Fsp3) is 0.278. The number of carbonyl (C=O) groups is 2. The Balaban J connectivity index is 2.17. The van der Waals surface area contributed by atoms with E-state index in [2.05, 4.69) is 6.58 Å². The largest absolute Gasteiger partial charge is 0.465 e. The van der Waals surface area contributed by atoms with Crippen LogP contribution in [0.3, 0.4) is 0 Å². The minimum Gasteiger partial charge on any atom is -0.465 e. The molecule has 1 amide bonds. The first-order chi connectivity index (χ1) is 12.1. The van der Waals surface area contributed by atoms with Gasteiger partial charge in [-0.25, -0.2) is 4.79 Å². The first-order valence-electron chi connectivity index (χ1n) is 7.72. The number of nitrogens with zero attached hydrogens (tertiary/aromatic N) is 2. The highest BCUT2D eigenvalue weighted by atomic mass is 32.2. The van der Waals surface area contributed by atoms with Crippen LogP contribution in [0, 0.1) is 11.3 Å². The Morgan fingerprint density at radius 1 is 1.60 bits per heavy atom. The van der Waals surface area contributed by atoms with Crippen molar-refractivity contribution in [2.24, 2.45) is 0 Å². The molecule has 0 aromatic carbocycles. The lowest BCUT2D eigenvalue weighted by atomic mass is 10.2. The molecule has 0 N–H and O–H groups in total. The molecule has 1 saturated heterocycles. The highest BCUT2D eigenvalue weighted by Gasteiger charge is 2.38. The molecule has 1 aromatic heterocycles. The summed E-state index contributed by atoms with van der Waals surface area (Å²) in [6, 6.07) is 5.45. The van der Waals surface area contributed by atoms with Gasteiger partial charge in [0.05, 0.1) is 11.5 Å². The molecule has 0 radical (unpaired) electrons. The molecule has 1 unspecified atom stereocenters. The molecule has 2 rings (SSSR count). The van der Waals surface area contributed by atoms with Crippen LogP contribution in [-0.2, 0) is 14.3 Å². The lowest BCUT2D eigenvalue weighted by Gasteiger charge is -2.15. The molecule has 1 aromatic rings. The van der Waals surface area contributed by atoms with Gasteiger partial charge in [0.1, 0.15) is 23.5 Å². The maximum Gasteiger partial charge on any atom is 0.351 e. The molecule has 1 aliphatic heterocycles. The Bertz CT molecular complexity index is 744. The summed E-state index contributed by atoms with van der Waals surface area (Å²) in [4.78, 5) is 26.0. The molecule has 0 spiro atoms. The Morgan fingerprint density at radius 3 is 3.00 bits per heavy atom. The van der Waals surface area contributed by atoms with Crippen LogP contribution in [0.15, 0.2) is 52.1 Å². The Labute approximate surface area is 150 Å². The van der Waals surface area contributed by atoms with E-state index in [1.165, 1.54) is 22.7 Å². The Kier molecular flexibility index (Phi) is 6.66. The van der Waals surface area contributed by atoms with Crippen molar-refractivity contribution in [3.63, 3.8) is 0 Å². The quantitative estimate of drug-likeness (QED) is 0.322. The number of carbonyl (C=O) groups excluding carboxylic acids is 2. The maximum atomic E-state index is 12.5. The SMILES string of the molecule is C=CCOC(=O)/C(C#N)=C1\SC(CC=Cc2ccco2)C(=O)N1CC. The summed E-state index contributed by atoms with van der Waals surface area (Å²) in [6.45, 7) is 5.65. The van der Waals surface area contributed by atoms with Crippen molar-refractivity contribution in [3.05, 3.63) is 53.5 Å². The minimum atomic E-state index is -0.747. The topological polar surface area (TPSA) is 83.5 Å². The number of hydrogen-bond acceptors (Lipinski definition) is 6. The third kappa shape index (κ3) is 4.43.